The molecule has 0 radical (unpaired) electrons. The molecule has 2 atom stereocenters. The SMILES string of the molecule is C=CCCC(O)CN1CCOC(c2cccc(OC(F)F)c2)C1. The Hall–Kier alpha value is -1.50. The van der Waals surface area contributed by atoms with Crippen LogP contribution in [0.1, 0.15) is 24.5 Å². The fourth-order valence-corrected chi connectivity index (χ4v) is 2.66. The average molecular weight is 327 g/mol. The normalized spacial score (nSPS) is 20.4. The maximum Gasteiger partial charge on any atom is 0.387 e. The minimum atomic E-state index is -2.84. The van der Waals surface area contributed by atoms with Crippen LogP contribution in [0.25, 0.3) is 0 Å². The van der Waals surface area contributed by atoms with Gasteiger partial charge in [0.2, 0.25) is 0 Å². The standard InChI is InChI=1S/C17H23F2NO3/c1-2-3-6-14(21)11-20-8-9-22-16(12-20)13-5-4-7-15(10-13)23-17(18)19/h2,4-5,7,10,14,16-17,21H,1,3,6,8-9,11-12H2. The molecule has 4 nitrogen and oxygen atoms in total. The Kier molecular flexibility index (Phi) is 6.95. The number of nitrogens with zero attached hydrogens (tertiary/aromatic N) is 1. The summed E-state index contributed by atoms with van der Waals surface area (Å²) in [4.78, 5) is 2.13. The molecule has 2 rings (SSSR count). The lowest BCUT2D eigenvalue weighted by Gasteiger charge is -2.34. The van der Waals surface area contributed by atoms with Crippen LogP contribution in [0.2, 0.25) is 0 Å². The third-order valence-corrected chi connectivity index (χ3v) is 3.78. The lowest BCUT2D eigenvalue weighted by atomic mass is 10.1. The lowest BCUT2D eigenvalue weighted by Crippen LogP contribution is -2.42. The number of allylic oxidation sites excluding steroid dienone is 1. The van der Waals surface area contributed by atoms with Crippen LogP contribution in [0.5, 0.6) is 5.75 Å². The van der Waals surface area contributed by atoms with Gasteiger partial charge in [0.25, 0.3) is 0 Å². The third kappa shape index (κ3) is 5.89. The Bertz CT molecular complexity index is 498. The first-order valence-electron chi connectivity index (χ1n) is 7.76. The van der Waals surface area contributed by atoms with Crippen molar-refractivity contribution in [1.29, 1.82) is 0 Å². The largest absolute Gasteiger partial charge is 0.435 e. The van der Waals surface area contributed by atoms with Gasteiger partial charge in [-0.3, -0.25) is 4.90 Å². The molecular weight excluding hydrogens is 304 g/mol. The van der Waals surface area contributed by atoms with Crippen LogP contribution in [-0.4, -0.2) is 49.0 Å². The van der Waals surface area contributed by atoms with Gasteiger partial charge in [-0.1, -0.05) is 18.2 Å². The Balaban J connectivity index is 1.93. The Morgan fingerprint density at radius 1 is 1.48 bits per heavy atom. The van der Waals surface area contributed by atoms with Crippen LogP contribution in [0.3, 0.4) is 0 Å². The number of alkyl halides is 2. The zero-order valence-corrected chi connectivity index (χ0v) is 13.0. The fourth-order valence-electron chi connectivity index (χ4n) is 2.66. The molecule has 1 aromatic carbocycles. The van der Waals surface area contributed by atoms with Crippen LogP contribution < -0.4 is 4.74 Å². The lowest BCUT2D eigenvalue weighted by molar-refractivity contribution is -0.0518. The summed E-state index contributed by atoms with van der Waals surface area (Å²) in [5.74, 6) is 0.129. The van der Waals surface area contributed by atoms with Crippen molar-refractivity contribution in [2.45, 2.75) is 31.7 Å². The smallest absolute Gasteiger partial charge is 0.387 e. The number of rotatable bonds is 8. The summed E-state index contributed by atoms with van der Waals surface area (Å²) in [5.41, 5.74) is 0.799. The fraction of sp³-hybridized carbons (Fsp3) is 0.529. The summed E-state index contributed by atoms with van der Waals surface area (Å²) in [6.07, 6.45) is 2.64. The number of β-amino-alcohol motifs (C(OH)–C–C–N with tert-alkyl or cyclic N) is 1. The van der Waals surface area contributed by atoms with E-state index in [0.29, 0.717) is 26.1 Å². The molecule has 1 aromatic rings. The van der Waals surface area contributed by atoms with Crippen molar-refractivity contribution in [3.63, 3.8) is 0 Å². The second-order valence-corrected chi connectivity index (χ2v) is 5.59. The molecule has 0 bridgehead atoms. The van der Waals surface area contributed by atoms with Gasteiger partial charge in [-0.25, -0.2) is 0 Å². The van der Waals surface area contributed by atoms with Crippen LogP contribution in [-0.2, 0) is 4.74 Å². The first kappa shape index (κ1) is 17.8. The summed E-state index contributed by atoms with van der Waals surface area (Å²) >= 11 is 0. The summed E-state index contributed by atoms with van der Waals surface area (Å²) in [6.45, 7) is 3.28. The Morgan fingerprint density at radius 3 is 3.04 bits per heavy atom. The maximum atomic E-state index is 12.3. The van der Waals surface area contributed by atoms with E-state index >= 15 is 0 Å². The molecule has 128 valence electrons. The molecule has 1 N–H and O–H groups in total. The minimum absolute atomic E-state index is 0.129. The monoisotopic (exact) mass is 327 g/mol. The highest BCUT2D eigenvalue weighted by molar-refractivity contribution is 5.30. The van der Waals surface area contributed by atoms with Gasteiger partial charge in [0.1, 0.15) is 5.75 Å². The van der Waals surface area contributed by atoms with Gasteiger partial charge in [0.15, 0.2) is 0 Å². The van der Waals surface area contributed by atoms with Gasteiger partial charge in [0.05, 0.1) is 18.8 Å². The number of benzene rings is 1. The second-order valence-electron chi connectivity index (χ2n) is 5.59. The summed E-state index contributed by atoms with van der Waals surface area (Å²) in [6, 6.07) is 6.58. The Labute approximate surface area is 135 Å². The molecular formula is C17H23F2NO3. The quantitative estimate of drug-likeness (QED) is 0.746. The molecule has 2 unspecified atom stereocenters. The minimum Gasteiger partial charge on any atom is -0.435 e. The topological polar surface area (TPSA) is 41.9 Å². The molecule has 0 spiro atoms. The van der Waals surface area contributed by atoms with Crippen LogP contribution >= 0.6 is 0 Å². The highest BCUT2D eigenvalue weighted by atomic mass is 19.3. The molecule has 6 heteroatoms. The van der Waals surface area contributed by atoms with Gasteiger partial charge in [-0.2, -0.15) is 8.78 Å². The highest BCUT2D eigenvalue weighted by Crippen LogP contribution is 2.26. The van der Waals surface area contributed by atoms with E-state index in [1.807, 2.05) is 6.07 Å². The van der Waals surface area contributed by atoms with Crippen molar-refractivity contribution in [3.05, 3.63) is 42.5 Å². The second kappa shape index (κ2) is 8.96. The zero-order valence-electron chi connectivity index (χ0n) is 13.0. The molecule has 0 saturated carbocycles. The molecule has 1 aliphatic heterocycles. The molecule has 23 heavy (non-hydrogen) atoms. The van der Waals surface area contributed by atoms with Crippen LogP contribution in [0.15, 0.2) is 36.9 Å². The summed E-state index contributed by atoms with van der Waals surface area (Å²) in [5, 5.41) is 10.00. The zero-order chi connectivity index (χ0) is 16.7. The number of hydrogen-bond acceptors (Lipinski definition) is 4. The van der Waals surface area contributed by atoms with Gasteiger partial charge in [0, 0.05) is 19.6 Å². The van der Waals surface area contributed by atoms with E-state index in [9.17, 15) is 13.9 Å². The number of hydrogen-bond donors (Lipinski definition) is 1. The first-order valence-corrected chi connectivity index (χ1v) is 7.76. The molecule has 1 fully saturated rings. The maximum absolute atomic E-state index is 12.3. The van der Waals surface area contributed by atoms with Crippen LogP contribution in [0, 0.1) is 0 Å². The van der Waals surface area contributed by atoms with Crippen molar-refractivity contribution >= 4 is 0 Å². The third-order valence-electron chi connectivity index (χ3n) is 3.78. The number of morpholine rings is 1. The molecule has 1 saturated heterocycles. The van der Waals surface area contributed by atoms with E-state index < -0.39 is 12.7 Å². The van der Waals surface area contributed by atoms with Crippen LogP contribution in [0.4, 0.5) is 8.78 Å². The predicted molar refractivity (Wildman–Crippen MR) is 83.6 cm³/mol. The average Bonchev–Trinajstić information content (AvgIpc) is 2.53. The molecule has 0 aromatic heterocycles. The molecule has 0 amide bonds. The van der Waals surface area contributed by atoms with Crippen molar-refractivity contribution < 1.29 is 23.4 Å². The van der Waals surface area contributed by atoms with Gasteiger partial charge in [-0.15, -0.1) is 6.58 Å². The summed E-state index contributed by atoms with van der Waals surface area (Å²) in [7, 11) is 0. The van der Waals surface area contributed by atoms with Crippen molar-refractivity contribution in [3.8, 4) is 5.75 Å². The van der Waals surface area contributed by atoms with E-state index in [0.717, 1.165) is 18.5 Å². The van der Waals surface area contributed by atoms with Gasteiger partial charge >= 0.3 is 6.61 Å². The van der Waals surface area contributed by atoms with E-state index in [1.54, 1.807) is 18.2 Å². The number of halogens is 2. The Morgan fingerprint density at radius 2 is 2.30 bits per heavy atom. The molecule has 0 aliphatic carbocycles. The van der Waals surface area contributed by atoms with Gasteiger partial charge < -0.3 is 14.6 Å². The molecule has 1 heterocycles. The van der Waals surface area contributed by atoms with E-state index in [4.69, 9.17) is 4.74 Å². The van der Waals surface area contributed by atoms with E-state index in [1.165, 1.54) is 6.07 Å². The van der Waals surface area contributed by atoms with Crippen molar-refractivity contribution in [1.82, 2.24) is 4.90 Å². The highest BCUT2D eigenvalue weighted by Gasteiger charge is 2.24. The van der Waals surface area contributed by atoms with E-state index in [2.05, 4.69) is 16.2 Å². The number of aliphatic hydroxyl groups excluding tert-OH is 1. The van der Waals surface area contributed by atoms with E-state index in [-0.39, 0.29) is 11.9 Å². The predicted octanol–water partition coefficient (Wildman–Crippen LogP) is 2.99. The number of ether oxygens (including phenoxy) is 2. The first-order chi connectivity index (χ1) is 11.1. The van der Waals surface area contributed by atoms with Crippen molar-refractivity contribution in [2.75, 3.05) is 26.2 Å². The van der Waals surface area contributed by atoms with Gasteiger partial charge in [-0.05, 0) is 30.5 Å². The van der Waals surface area contributed by atoms with Crippen molar-refractivity contribution in [2.24, 2.45) is 0 Å². The molecule has 1 aliphatic rings. The summed E-state index contributed by atoms with van der Waals surface area (Å²) < 4.78 is 34.8. The number of aliphatic hydroxyl groups is 1.